The Hall–Kier alpha value is -1.39. The molecule has 1 N–H and O–H groups in total. The smallest absolute Gasteiger partial charge is 0.304 e. The summed E-state index contributed by atoms with van der Waals surface area (Å²) in [5.41, 5.74) is 2.86. The van der Waals surface area contributed by atoms with E-state index in [1.54, 1.807) is 0 Å². The molecule has 0 bridgehead atoms. The Kier molecular flexibility index (Phi) is 5.56. The molecule has 0 aliphatic carbocycles. The molecule has 1 fully saturated rings. The van der Waals surface area contributed by atoms with E-state index in [2.05, 4.69) is 41.0 Å². The summed E-state index contributed by atoms with van der Waals surface area (Å²) in [6.07, 6.45) is 1.33. The molecule has 1 saturated heterocycles. The highest BCUT2D eigenvalue weighted by atomic mass is 16.4. The predicted octanol–water partition coefficient (Wildman–Crippen LogP) is 1.84. The van der Waals surface area contributed by atoms with E-state index in [-0.39, 0.29) is 6.42 Å². The molecule has 0 unspecified atom stereocenters. The van der Waals surface area contributed by atoms with E-state index in [1.807, 2.05) is 0 Å². The molecule has 1 aromatic carbocycles. The summed E-state index contributed by atoms with van der Waals surface area (Å²) in [5.74, 6) is -0.704. The Morgan fingerprint density at radius 3 is 2.30 bits per heavy atom. The van der Waals surface area contributed by atoms with Gasteiger partial charge < -0.3 is 10.0 Å². The first-order chi connectivity index (χ1) is 9.69. The zero-order valence-electron chi connectivity index (χ0n) is 12.2. The Balaban J connectivity index is 1.81. The van der Waals surface area contributed by atoms with Gasteiger partial charge in [-0.1, -0.05) is 31.2 Å². The monoisotopic (exact) mass is 276 g/mol. The van der Waals surface area contributed by atoms with Gasteiger partial charge in [-0.05, 0) is 17.5 Å². The first-order valence-electron chi connectivity index (χ1n) is 7.42. The highest BCUT2D eigenvalue weighted by Gasteiger charge is 2.17. The van der Waals surface area contributed by atoms with Gasteiger partial charge in [-0.3, -0.25) is 9.69 Å². The van der Waals surface area contributed by atoms with Gasteiger partial charge in [-0.2, -0.15) is 0 Å². The largest absolute Gasteiger partial charge is 0.481 e. The minimum Gasteiger partial charge on any atom is -0.481 e. The fourth-order valence-electron chi connectivity index (χ4n) is 2.72. The maximum atomic E-state index is 10.6. The number of hydrogen-bond donors (Lipinski definition) is 1. The second kappa shape index (κ2) is 7.41. The number of aliphatic carboxylic acids is 1. The van der Waals surface area contributed by atoms with Crippen LogP contribution in [0.5, 0.6) is 0 Å². The molecule has 1 aromatic rings. The molecule has 0 radical (unpaired) electrons. The lowest BCUT2D eigenvalue weighted by Gasteiger charge is -2.34. The number of nitrogens with zero attached hydrogens (tertiary/aromatic N) is 2. The molecule has 1 heterocycles. The summed E-state index contributed by atoms with van der Waals surface area (Å²) >= 11 is 0. The van der Waals surface area contributed by atoms with Gasteiger partial charge in [0.25, 0.3) is 0 Å². The first kappa shape index (κ1) is 15.0. The molecule has 20 heavy (non-hydrogen) atoms. The van der Waals surface area contributed by atoms with Crippen LogP contribution >= 0.6 is 0 Å². The minimum atomic E-state index is -0.704. The average Bonchev–Trinajstić information content (AvgIpc) is 2.47. The normalized spacial score (nSPS) is 17.2. The van der Waals surface area contributed by atoms with E-state index in [4.69, 9.17) is 5.11 Å². The van der Waals surface area contributed by atoms with Crippen LogP contribution < -0.4 is 0 Å². The summed E-state index contributed by atoms with van der Waals surface area (Å²) in [6.45, 7) is 7.88. The molecule has 0 amide bonds. The van der Waals surface area contributed by atoms with Crippen LogP contribution in [0.3, 0.4) is 0 Å². The van der Waals surface area contributed by atoms with Gasteiger partial charge in [0, 0.05) is 39.3 Å². The van der Waals surface area contributed by atoms with E-state index in [0.717, 1.165) is 39.1 Å². The van der Waals surface area contributed by atoms with Crippen molar-refractivity contribution in [1.29, 1.82) is 0 Å². The van der Waals surface area contributed by atoms with E-state index in [0.29, 0.717) is 6.54 Å². The summed E-state index contributed by atoms with van der Waals surface area (Å²) in [6, 6.07) is 8.64. The summed E-state index contributed by atoms with van der Waals surface area (Å²) in [4.78, 5) is 15.3. The van der Waals surface area contributed by atoms with E-state index in [9.17, 15) is 4.79 Å². The number of rotatable bonds is 6. The second-order valence-corrected chi connectivity index (χ2v) is 5.38. The number of aryl methyl sites for hydroxylation is 1. The zero-order valence-corrected chi connectivity index (χ0v) is 12.2. The van der Waals surface area contributed by atoms with Crippen LogP contribution in [0, 0.1) is 0 Å². The topological polar surface area (TPSA) is 43.8 Å². The van der Waals surface area contributed by atoms with Crippen molar-refractivity contribution in [3.05, 3.63) is 35.4 Å². The van der Waals surface area contributed by atoms with Crippen LogP contribution in [-0.4, -0.2) is 53.6 Å². The molecule has 1 aliphatic rings. The van der Waals surface area contributed by atoms with Crippen molar-refractivity contribution in [3.63, 3.8) is 0 Å². The van der Waals surface area contributed by atoms with Crippen LogP contribution in [0.25, 0.3) is 0 Å². The van der Waals surface area contributed by atoms with Gasteiger partial charge in [0.05, 0.1) is 6.42 Å². The lowest BCUT2D eigenvalue weighted by Crippen LogP contribution is -2.46. The molecule has 0 saturated carbocycles. The van der Waals surface area contributed by atoms with Crippen LogP contribution in [0.1, 0.15) is 24.5 Å². The third-order valence-electron chi connectivity index (χ3n) is 4.00. The van der Waals surface area contributed by atoms with Crippen molar-refractivity contribution in [3.8, 4) is 0 Å². The number of hydrogen-bond acceptors (Lipinski definition) is 3. The van der Waals surface area contributed by atoms with Gasteiger partial charge in [-0.25, -0.2) is 0 Å². The van der Waals surface area contributed by atoms with Crippen molar-refractivity contribution >= 4 is 5.97 Å². The zero-order chi connectivity index (χ0) is 14.4. The fourth-order valence-corrected chi connectivity index (χ4v) is 2.72. The minimum absolute atomic E-state index is 0.249. The van der Waals surface area contributed by atoms with Crippen molar-refractivity contribution in [1.82, 2.24) is 9.80 Å². The Morgan fingerprint density at radius 2 is 1.70 bits per heavy atom. The van der Waals surface area contributed by atoms with Gasteiger partial charge >= 0.3 is 5.97 Å². The Labute approximate surface area is 121 Å². The molecule has 0 aromatic heterocycles. The SMILES string of the molecule is CCc1ccccc1CN1CCN(CCC(=O)O)CC1. The van der Waals surface area contributed by atoms with Crippen LogP contribution in [0.2, 0.25) is 0 Å². The number of piperazine rings is 1. The summed E-state index contributed by atoms with van der Waals surface area (Å²) in [7, 11) is 0. The Bertz CT molecular complexity index is 440. The molecule has 2 rings (SSSR count). The van der Waals surface area contributed by atoms with Crippen molar-refractivity contribution in [2.45, 2.75) is 26.3 Å². The molecule has 1 aliphatic heterocycles. The molecule has 110 valence electrons. The van der Waals surface area contributed by atoms with Crippen LogP contribution in [0.15, 0.2) is 24.3 Å². The quantitative estimate of drug-likeness (QED) is 0.861. The second-order valence-electron chi connectivity index (χ2n) is 5.38. The van der Waals surface area contributed by atoms with E-state index < -0.39 is 5.97 Å². The lowest BCUT2D eigenvalue weighted by atomic mass is 10.0. The third kappa shape index (κ3) is 4.32. The summed E-state index contributed by atoms with van der Waals surface area (Å²) in [5, 5.41) is 8.71. The Morgan fingerprint density at radius 1 is 1.10 bits per heavy atom. The van der Waals surface area contributed by atoms with Crippen LogP contribution in [-0.2, 0) is 17.8 Å². The number of carboxylic acid groups (broad SMARTS) is 1. The van der Waals surface area contributed by atoms with Gasteiger partial charge in [0.1, 0.15) is 0 Å². The van der Waals surface area contributed by atoms with E-state index in [1.165, 1.54) is 11.1 Å². The number of carboxylic acids is 1. The molecule has 0 atom stereocenters. The van der Waals surface area contributed by atoms with Crippen molar-refractivity contribution < 1.29 is 9.90 Å². The maximum Gasteiger partial charge on any atom is 0.304 e. The lowest BCUT2D eigenvalue weighted by molar-refractivity contribution is -0.137. The van der Waals surface area contributed by atoms with Crippen molar-refractivity contribution in [2.75, 3.05) is 32.7 Å². The highest BCUT2D eigenvalue weighted by Crippen LogP contribution is 2.14. The van der Waals surface area contributed by atoms with Gasteiger partial charge in [0.2, 0.25) is 0 Å². The maximum absolute atomic E-state index is 10.6. The average molecular weight is 276 g/mol. The molecular weight excluding hydrogens is 252 g/mol. The van der Waals surface area contributed by atoms with Crippen LogP contribution in [0.4, 0.5) is 0 Å². The fraction of sp³-hybridized carbons (Fsp3) is 0.562. The van der Waals surface area contributed by atoms with Gasteiger partial charge in [-0.15, -0.1) is 0 Å². The summed E-state index contributed by atoms with van der Waals surface area (Å²) < 4.78 is 0. The highest BCUT2D eigenvalue weighted by molar-refractivity contribution is 5.66. The third-order valence-corrected chi connectivity index (χ3v) is 4.00. The predicted molar refractivity (Wildman–Crippen MR) is 79.8 cm³/mol. The molecule has 0 spiro atoms. The molecule has 4 nitrogen and oxygen atoms in total. The standard InChI is InChI=1S/C16H24N2O2/c1-2-14-5-3-4-6-15(14)13-18-11-9-17(10-12-18)8-7-16(19)20/h3-6H,2,7-13H2,1H3,(H,19,20). The van der Waals surface area contributed by atoms with Crippen molar-refractivity contribution in [2.24, 2.45) is 0 Å². The molecular formula is C16H24N2O2. The van der Waals surface area contributed by atoms with Gasteiger partial charge in [0.15, 0.2) is 0 Å². The number of benzene rings is 1. The number of carbonyl (C=O) groups is 1. The van der Waals surface area contributed by atoms with E-state index >= 15 is 0 Å². The molecule has 4 heteroatoms. The first-order valence-corrected chi connectivity index (χ1v) is 7.42.